The predicted octanol–water partition coefficient (Wildman–Crippen LogP) is 7.02. The molecule has 3 aliphatic carbocycles. The summed E-state index contributed by atoms with van der Waals surface area (Å²) in [5.74, 6) is 1.69. The number of rotatable bonds is 3. The number of ether oxygens (including phenoxy) is 1. The molecule has 4 heteroatoms. The van der Waals surface area contributed by atoms with E-state index in [9.17, 15) is 9.90 Å². The van der Waals surface area contributed by atoms with E-state index in [2.05, 4.69) is 64.2 Å². The summed E-state index contributed by atoms with van der Waals surface area (Å²) < 4.78 is 6.46. The first-order valence-electron chi connectivity index (χ1n) is 15.1. The number of hydrogen-bond acceptors (Lipinski definition) is 4. The molecule has 2 saturated carbocycles. The fourth-order valence-corrected chi connectivity index (χ4v) is 8.57. The van der Waals surface area contributed by atoms with Gasteiger partial charge in [-0.25, -0.2) is 0 Å². The molecular formula is C33H49NO3. The van der Waals surface area contributed by atoms with Gasteiger partial charge in [-0.3, -0.25) is 4.79 Å². The average Bonchev–Trinajstić information content (AvgIpc) is 3.47. The van der Waals surface area contributed by atoms with Gasteiger partial charge < -0.3 is 15.2 Å². The second-order valence-corrected chi connectivity index (χ2v) is 13.0. The van der Waals surface area contributed by atoms with Gasteiger partial charge in [0.05, 0.1) is 18.2 Å². The summed E-state index contributed by atoms with van der Waals surface area (Å²) in [5, 5.41) is 15.8. The van der Waals surface area contributed by atoms with Gasteiger partial charge in [0, 0.05) is 23.6 Å². The molecule has 0 aromatic heterocycles. The third-order valence-corrected chi connectivity index (χ3v) is 10.7. The number of benzene rings is 1. The van der Waals surface area contributed by atoms with Crippen molar-refractivity contribution in [2.24, 2.45) is 35.0 Å². The lowest BCUT2D eigenvalue weighted by atomic mass is 9.57. The van der Waals surface area contributed by atoms with Crippen molar-refractivity contribution in [3.63, 3.8) is 0 Å². The van der Waals surface area contributed by atoms with Crippen LogP contribution in [0.4, 0.5) is 5.69 Å². The summed E-state index contributed by atoms with van der Waals surface area (Å²) in [6.07, 6.45) is 11.9. The van der Waals surface area contributed by atoms with Crippen LogP contribution in [0.15, 0.2) is 29.8 Å². The molecule has 1 aromatic rings. The maximum Gasteiger partial charge on any atom is 0.161 e. The largest absolute Gasteiger partial charge is 0.391 e. The fourth-order valence-electron chi connectivity index (χ4n) is 8.57. The third-order valence-electron chi connectivity index (χ3n) is 10.7. The van der Waals surface area contributed by atoms with Crippen LogP contribution in [0.2, 0.25) is 0 Å². The zero-order valence-electron chi connectivity index (χ0n) is 23.8. The van der Waals surface area contributed by atoms with E-state index in [1.807, 2.05) is 0 Å². The zero-order chi connectivity index (χ0) is 26.3. The number of allylic oxidation sites excluding steroid dienone is 2. The number of Topliss-reactive ketones (excluding diaryl/α,β-unsaturated/α-hetero) is 1. The van der Waals surface area contributed by atoms with Crippen LogP contribution in [-0.2, 0) is 9.53 Å². The second kappa shape index (κ2) is 10.8. The van der Waals surface area contributed by atoms with Crippen molar-refractivity contribution >= 4 is 11.5 Å². The summed E-state index contributed by atoms with van der Waals surface area (Å²) in [5.41, 5.74) is 4.31. The Morgan fingerprint density at radius 2 is 1.84 bits per heavy atom. The van der Waals surface area contributed by atoms with Crippen molar-refractivity contribution in [1.82, 2.24) is 0 Å². The van der Waals surface area contributed by atoms with Crippen LogP contribution in [-0.4, -0.2) is 35.7 Å². The molecule has 0 spiro atoms. The highest BCUT2D eigenvalue weighted by Gasteiger charge is 2.61. The summed E-state index contributed by atoms with van der Waals surface area (Å²) in [6, 6.07) is 6.46. The Balaban J connectivity index is 1.55. The SMILES string of the molecule is CC[C@H]1CCCC[C@@H](C)C(=O)C2=CC3C4CCCC4[C@@H](O)[C@@H](Nc4ccc(C)cc4C)C3[C@]2(C)CCO1. The Morgan fingerprint density at radius 1 is 1.08 bits per heavy atom. The van der Waals surface area contributed by atoms with E-state index < -0.39 is 6.10 Å². The molecule has 9 atom stereocenters. The van der Waals surface area contributed by atoms with Gasteiger partial charge >= 0.3 is 0 Å². The van der Waals surface area contributed by atoms with Gasteiger partial charge in [0.2, 0.25) is 0 Å². The Morgan fingerprint density at radius 3 is 2.59 bits per heavy atom. The lowest BCUT2D eigenvalue weighted by Crippen LogP contribution is -2.57. The van der Waals surface area contributed by atoms with Crippen molar-refractivity contribution in [1.29, 1.82) is 0 Å². The minimum Gasteiger partial charge on any atom is -0.391 e. The van der Waals surface area contributed by atoms with Crippen LogP contribution in [0.1, 0.15) is 89.7 Å². The molecule has 1 aliphatic heterocycles. The van der Waals surface area contributed by atoms with Gasteiger partial charge in [0.15, 0.2) is 5.78 Å². The molecule has 0 radical (unpaired) electrons. The molecule has 0 amide bonds. The maximum absolute atomic E-state index is 14.1. The number of fused-ring (bicyclic) bond motifs is 5. The Hall–Kier alpha value is -1.65. The number of aryl methyl sites for hydroxylation is 2. The number of anilines is 1. The quantitative estimate of drug-likeness (QED) is 0.462. The van der Waals surface area contributed by atoms with E-state index in [-0.39, 0.29) is 23.3 Å². The lowest BCUT2D eigenvalue weighted by molar-refractivity contribution is -0.121. The molecule has 1 saturated heterocycles. The molecule has 3 fully saturated rings. The molecule has 37 heavy (non-hydrogen) atoms. The molecule has 4 aliphatic rings. The van der Waals surface area contributed by atoms with Crippen LogP contribution in [0.25, 0.3) is 0 Å². The average molecular weight is 508 g/mol. The predicted molar refractivity (Wildman–Crippen MR) is 151 cm³/mol. The summed E-state index contributed by atoms with van der Waals surface area (Å²) in [7, 11) is 0. The molecule has 5 rings (SSSR count). The van der Waals surface area contributed by atoms with E-state index in [0.29, 0.717) is 36.2 Å². The lowest BCUT2D eigenvalue weighted by Gasteiger charge is -2.51. The number of nitrogens with one attached hydrogen (secondary N) is 1. The van der Waals surface area contributed by atoms with E-state index in [1.54, 1.807) is 0 Å². The number of hydrogen-bond donors (Lipinski definition) is 2. The maximum atomic E-state index is 14.1. The van der Waals surface area contributed by atoms with Crippen LogP contribution in [0, 0.1) is 48.9 Å². The number of ketones is 1. The number of carbonyl (C=O) groups is 1. The van der Waals surface area contributed by atoms with Gasteiger partial charge in [0.25, 0.3) is 0 Å². The van der Waals surface area contributed by atoms with Crippen LogP contribution in [0.5, 0.6) is 0 Å². The third kappa shape index (κ3) is 4.93. The topological polar surface area (TPSA) is 58.6 Å². The molecule has 4 unspecified atom stereocenters. The van der Waals surface area contributed by atoms with Crippen LogP contribution < -0.4 is 5.32 Å². The van der Waals surface area contributed by atoms with Crippen molar-refractivity contribution in [2.45, 2.75) is 111 Å². The first-order valence-corrected chi connectivity index (χ1v) is 15.1. The molecule has 204 valence electrons. The monoisotopic (exact) mass is 507 g/mol. The van der Waals surface area contributed by atoms with Crippen LogP contribution in [0.3, 0.4) is 0 Å². The molecule has 4 nitrogen and oxygen atoms in total. The highest BCUT2D eigenvalue weighted by molar-refractivity contribution is 5.99. The Labute approximate surface area is 224 Å². The normalized spacial score (nSPS) is 40.6. The van der Waals surface area contributed by atoms with Crippen molar-refractivity contribution < 1.29 is 14.6 Å². The van der Waals surface area contributed by atoms with E-state index in [0.717, 1.165) is 62.6 Å². The molecular weight excluding hydrogens is 458 g/mol. The molecule has 2 N–H and O–H groups in total. The zero-order valence-corrected chi connectivity index (χ0v) is 23.8. The second-order valence-electron chi connectivity index (χ2n) is 13.0. The summed E-state index contributed by atoms with van der Waals surface area (Å²) >= 11 is 0. The standard InChI is InChI=1S/C33H49NO3/c1-6-23-11-8-7-10-21(3)31(35)27-19-26-24-12-9-13-25(24)32(36)30(29(26)33(27,5)16-17-37-23)34-28-15-14-20(2)18-22(28)4/h14-15,18-19,21,23-26,29-30,32,34,36H,6-13,16-17H2,1-5H3/t21-,23+,24?,25?,26?,29?,30+,32-,33-/m1/s1. The Kier molecular flexibility index (Phi) is 7.90. The molecule has 0 bridgehead atoms. The minimum atomic E-state index is -0.405. The van der Waals surface area contributed by atoms with Gasteiger partial charge in [-0.2, -0.15) is 0 Å². The van der Waals surface area contributed by atoms with Crippen molar-refractivity contribution in [3.8, 4) is 0 Å². The Bertz CT molecular complexity index is 1020. The highest BCUT2D eigenvalue weighted by atomic mass is 16.5. The molecule has 1 heterocycles. The summed E-state index contributed by atoms with van der Waals surface area (Å²) in [6.45, 7) is 11.6. The first-order chi connectivity index (χ1) is 17.7. The minimum absolute atomic E-state index is 0.0567. The first kappa shape index (κ1) is 26.9. The smallest absolute Gasteiger partial charge is 0.161 e. The van der Waals surface area contributed by atoms with E-state index in [1.165, 1.54) is 17.5 Å². The van der Waals surface area contributed by atoms with Gasteiger partial charge in [-0.05, 0) is 93.2 Å². The van der Waals surface area contributed by atoms with Crippen molar-refractivity contribution in [3.05, 3.63) is 41.0 Å². The number of aliphatic hydroxyl groups excluding tert-OH is 1. The number of aliphatic hydroxyl groups is 1. The van der Waals surface area contributed by atoms with E-state index in [4.69, 9.17) is 4.74 Å². The summed E-state index contributed by atoms with van der Waals surface area (Å²) in [4.78, 5) is 14.1. The van der Waals surface area contributed by atoms with E-state index >= 15 is 0 Å². The van der Waals surface area contributed by atoms with Gasteiger partial charge in [-0.1, -0.05) is 63.8 Å². The molecule has 1 aromatic carbocycles. The van der Waals surface area contributed by atoms with Crippen LogP contribution >= 0.6 is 0 Å². The van der Waals surface area contributed by atoms with Gasteiger partial charge in [0.1, 0.15) is 0 Å². The fraction of sp³-hybridized carbons (Fsp3) is 0.727. The van der Waals surface area contributed by atoms with Gasteiger partial charge in [-0.15, -0.1) is 0 Å². The highest BCUT2D eigenvalue weighted by Crippen LogP contribution is 2.61. The van der Waals surface area contributed by atoms with Crippen molar-refractivity contribution in [2.75, 3.05) is 11.9 Å². The number of carbonyl (C=O) groups excluding carboxylic acids is 1.